The number of pyridine rings is 1. The molecule has 0 aromatic carbocycles. The Balaban J connectivity index is 2.19. The van der Waals surface area contributed by atoms with E-state index in [1.165, 1.54) is 0 Å². The van der Waals surface area contributed by atoms with Gasteiger partial charge in [-0.2, -0.15) is 0 Å². The molecular formula is C12H13BrN2O. The number of hydrogen-bond acceptors (Lipinski definition) is 2. The minimum absolute atomic E-state index is 0.223. The SMILES string of the molecule is CCN1C(=O)C2(CCC2)c2ccc(Br)nc21. The first-order valence-electron chi connectivity index (χ1n) is 5.68. The maximum absolute atomic E-state index is 12.4. The highest BCUT2D eigenvalue weighted by Gasteiger charge is 2.54. The molecule has 0 bridgehead atoms. The van der Waals surface area contributed by atoms with Gasteiger partial charge < -0.3 is 0 Å². The molecule has 1 fully saturated rings. The van der Waals surface area contributed by atoms with Crippen molar-refractivity contribution in [1.82, 2.24) is 4.98 Å². The van der Waals surface area contributed by atoms with Crippen molar-refractivity contribution in [2.24, 2.45) is 0 Å². The molecule has 84 valence electrons. The molecule has 1 spiro atoms. The lowest BCUT2D eigenvalue weighted by molar-refractivity contribution is -0.125. The van der Waals surface area contributed by atoms with Gasteiger partial charge in [0, 0.05) is 12.1 Å². The molecule has 0 N–H and O–H groups in total. The first-order chi connectivity index (χ1) is 7.69. The van der Waals surface area contributed by atoms with Gasteiger partial charge in [0.25, 0.3) is 0 Å². The molecule has 0 unspecified atom stereocenters. The Kier molecular flexibility index (Phi) is 2.11. The summed E-state index contributed by atoms with van der Waals surface area (Å²) in [6.45, 7) is 2.71. The smallest absolute Gasteiger partial charge is 0.238 e. The van der Waals surface area contributed by atoms with Crippen molar-refractivity contribution in [3.8, 4) is 0 Å². The first-order valence-corrected chi connectivity index (χ1v) is 6.47. The Morgan fingerprint density at radius 1 is 1.50 bits per heavy atom. The second-order valence-corrected chi connectivity index (χ2v) is 5.30. The third-order valence-corrected chi connectivity index (χ3v) is 4.23. The van der Waals surface area contributed by atoms with Crippen LogP contribution in [0.2, 0.25) is 0 Å². The van der Waals surface area contributed by atoms with E-state index in [0.29, 0.717) is 6.54 Å². The molecule has 16 heavy (non-hydrogen) atoms. The topological polar surface area (TPSA) is 33.2 Å². The number of carbonyl (C=O) groups is 1. The van der Waals surface area contributed by atoms with E-state index in [4.69, 9.17) is 0 Å². The van der Waals surface area contributed by atoms with Crippen LogP contribution in [0.4, 0.5) is 5.82 Å². The Morgan fingerprint density at radius 2 is 2.25 bits per heavy atom. The van der Waals surface area contributed by atoms with E-state index in [2.05, 4.69) is 27.0 Å². The van der Waals surface area contributed by atoms with Gasteiger partial charge in [-0.05, 0) is 41.8 Å². The molecule has 1 aromatic rings. The van der Waals surface area contributed by atoms with E-state index in [1.54, 1.807) is 0 Å². The van der Waals surface area contributed by atoms with Crippen LogP contribution in [0, 0.1) is 0 Å². The number of amides is 1. The van der Waals surface area contributed by atoms with Crippen molar-refractivity contribution in [3.05, 3.63) is 22.3 Å². The van der Waals surface area contributed by atoms with Gasteiger partial charge in [0.2, 0.25) is 5.91 Å². The Labute approximate surface area is 103 Å². The Morgan fingerprint density at radius 3 is 2.81 bits per heavy atom. The van der Waals surface area contributed by atoms with Gasteiger partial charge in [-0.3, -0.25) is 9.69 Å². The zero-order chi connectivity index (χ0) is 11.3. The number of fused-ring (bicyclic) bond motifs is 2. The molecule has 2 aliphatic rings. The van der Waals surface area contributed by atoms with Crippen molar-refractivity contribution in [3.63, 3.8) is 0 Å². The van der Waals surface area contributed by atoms with Crippen LogP contribution in [0.5, 0.6) is 0 Å². The zero-order valence-corrected chi connectivity index (χ0v) is 10.7. The Hall–Kier alpha value is -0.900. The minimum atomic E-state index is -0.223. The lowest BCUT2D eigenvalue weighted by atomic mass is 9.65. The zero-order valence-electron chi connectivity index (χ0n) is 9.16. The number of carbonyl (C=O) groups excluding carboxylic acids is 1. The normalized spacial score (nSPS) is 21.1. The summed E-state index contributed by atoms with van der Waals surface area (Å²) >= 11 is 3.37. The predicted molar refractivity (Wildman–Crippen MR) is 65.5 cm³/mol. The number of halogens is 1. The monoisotopic (exact) mass is 280 g/mol. The highest BCUT2D eigenvalue weighted by atomic mass is 79.9. The van der Waals surface area contributed by atoms with E-state index in [9.17, 15) is 4.79 Å². The maximum Gasteiger partial charge on any atom is 0.238 e. The maximum atomic E-state index is 12.4. The highest BCUT2D eigenvalue weighted by Crippen LogP contribution is 2.52. The van der Waals surface area contributed by atoms with E-state index in [1.807, 2.05) is 17.9 Å². The number of nitrogens with zero attached hydrogens (tertiary/aromatic N) is 2. The van der Waals surface area contributed by atoms with Crippen LogP contribution >= 0.6 is 15.9 Å². The van der Waals surface area contributed by atoms with Crippen LogP contribution in [0.15, 0.2) is 16.7 Å². The molecule has 1 amide bonds. The van der Waals surface area contributed by atoms with Crippen LogP contribution in [0.25, 0.3) is 0 Å². The fourth-order valence-electron chi connectivity index (χ4n) is 2.78. The summed E-state index contributed by atoms with van der Waals surface area (Å²) in [6, 6.07) is 3.99. The van der Waals surface area contributed by atoms with Gasteiger partial charge in [-0.25, -0.2) is 4.98 Å². The van der Waals surface area contributed by atoms with E-state index >= 15 is 0 Å². The molecule has 0 atom stereocenters. The standard InChI is InChI=1S/C12H13BrN2O/c1-2-15-10-8(4-5-9(13)14-10)12(11(15)16)6-3-7-12/h4-5H,2-3,6-7H2,1H3. The van der Waals surface area contributed by atoms with Crippen LogP contribution in [-0.4, -0.2) is 17.4 Å². The second-order valence-electron chi connectivity index (χ2n) is 4.49. The van der Waals surface area contributed by atoms with Crippen molar-refractivity contribution in [2.75, 3.05) is 11.4 Å². The van der Waals surface area contributed by atoms with Gasteiger partial charge in [0.05, 0.1) is 5.41 Å². The number of aromatic nitrogens is 1. The summed E-state index contributed by atoms with van der Waals surface area (Å²) in [7, 11) is 0. The highest BCUT2D eigenvalue weighted by molar-refractivity contribution is 9.10. The predicted octanol–water partition coefficient (Wildman–Crippen LogP) is 2.63. The molecule has 0 radical (unpaired) electrons. The molecule has 3 rings (SSSR count). The summed E-state index contributed by atoms with van der Waals surface area (Å²) in [5.41, 5.74) is 0.910. The molecule has 4 heteroatoms. The number of hydrogen-bond donors (Lipinski definition) is 0. The summed E-state index contributed by atoms with van der Waals surface area (Å²) < 4.78 is 0.800. The number of rotatable bonds is 1. The van der Waals surface area contributed by atoms with Crippen LogP contribution in [0.3, 0.4) is 0 Å². The molecule has 1 saturated carbocycles. The van der Waals surface area contributed by atoms with Crippen LogP contribution in [0.1, 0.15) is 31.7 Å². The minimum Gasteiger partial charge on any atom is -0.296 e. The second kappa shape index (κ2) is 3.29. The van der Waals surface area contributed by atoms with E-state index < -0.39 is 0 Å². The molecule has 2 heterocycles. The molecule has 1 aliphatic heterocycles. The van der Waals surface area contributed by atoms with Gasteiger partial charge in [-0.15, -0.1) is 0 Å². The third kappa shape index (κ3) is 1.08. The molecular weight excluding hydrogens is 268 g/mol. The quantitative estimate of drug-likeness (QED) is 0.741. The van der Waals surface area contributed by atoms with Crippen molar-refractivity contribution in [1.29, 1.82) is 0 Å². The lowest BCUT2D eigenvalue weighted by Crippen LogP contribution is -2.45. The van der Waals surface area contributed by atoms with Crippen LogP contribution in [-0.2, 0) is 10.2 Å². The average Bonchev–Trinajstić information content (AvgIpc) is 2.44. The molecule has 0 saturated heterocycles. The first kappa shape index (κ1) is 10.3. The molecule has 1 aromatic heterocycles. The largest absolute Gasteiger partial charge is 0.296 e. The summed E-state index contributed by atoms with van der Waals surface area (Å²) in [6.07, 6.45) is 3.12. The fraction of sp³-hybridized carbons (Fsp3) is 0.500. The third-order valence-electron chi connectivity index (χ3n) is 3.79. The summed E-state index contributed by atoms with van der Waals surface area (Å²) in [4.78, 5) is 18.7. The van der Waals surface area contributed by atoms with Gasteiger partial charge in [0.15, 0.2) is 0 Å². The number of likely N-dealkylation sites (N-methyl/N-ethyl adjacent to an activating group) is 1. The number of anilines is 1. The lowest BCUT2D eigenvalue weighted by Gasteiger charge is -2.36. The van der Waals surface area contributed by atoms with Crippen molar-refractivity contribution < 1.29 is 4.79 Å². The van der Waals surface area contributed by atoms with Crippen LogP contribution < -0.4 is 4.90 Å². The summed E-state index contributed by atoms with van der Waals surface area (Å²) in [5.74, 6) is 1.11. The fourth-order valence-corrected chi connectivity index (χ4v) is 3.08. The molecule has 1 aliphatic carbocycles. The van der Waals surface area contributed by atoms with E-state index in [0.717, 1.165) is 35.2 Å². The van der Waals surface area contributed by atoms with Gasteiger partial charge in [0.1, 0.15) is 10.4 Å². The van der Waals surface area contributed by atoms with E-state index in [-0.39, 0.29) is 11.3 Å². The van der Waals surface area contributed by atoms with Gasteiger partial charge >= 0.3 is 0 Å². The van der Waals surface area contributed by atoms with Gasteiger partial charge in [-0.1, -0.05) is 12.5 Å². The molecule has 3 nitrogen and oxygen atoms in total. The van der Waals surface area contributed by atoms with Crippen molar-refractivity contribution in [2.45, 2.75) is 31.6 Å². The average molecular weight is 281 g/mol. The van der Waals surface area contributed by atoms with Crippen molar-refractivity contribution >= 4 is 27.7 Å². The summed E-state index contributed by atoms with van der Waals surface area (Å²) in [5, 5.41) is 0. The Bertz CT molecular complexity index is 468.